The van der Waals surface area contributed by atoms with E-state index in [-0.39, 0.29) is 5.92 Å². The normalized spacial score (nSPS) is 18.7. The molecule has 0 spiro atoms. The maximum absolute atomic E-state index is 10.4. The highest BCUT2D eigenvalue weighted by Crippen LogP contribution is 2.43. The summed E-state index contributed by atoms with van der Waals surface area (Å²) in [5.41, 5.74) is 3.59. The lowest BCUT2D eigenvalue weighted by atomic mass is 9.73. The van der Waals surface area contributed by atoms with Gasteiger partial charge in [0.05, 0.1) is 13.2 Å². The summed E-state index contributed by atoms with van der Waals surface area (Å²) in [4.78, 5) is 0. The van der Waals surface area contributed by atoms with E-state index in [4.69, 9.17) is 4.74 Å². The minimum absolute atomic E-state index is 0.231. The van der Waals surface area contributed by atoms with Gasteiger partial charge in [-0.1, -0.05) is 36.4 Å². The van der Waals surface area contributed by atoms with Crippen molar-refractivity contribution in [2.24, 2.45) is 0 Å². The van der Waals surface area contributed by atoms with Crippen molar-refractivity contribution >= 4 is 0 Å². The van der Waals surface area contributed by atoms with E-state index >= 15 is 0 Å². The van der Waals surface area contributed by atoms with E-state index in [0.29, 0.717) is 0 Å². The minimum Gasteiger partial charge on any atom is -0.497 e. The Morgan fingerprint density at radius 2 is 1.83 bits per heavy atom. The Morgan fingerprint density at radius 1 is 1.11 bits per heavy atom. The summed E-state index contributed by atoms with van der Waals surface area (Å²) in [7, 11) is 1.65. The van der Waals surface area contributed by atoms with Gasteiger partial charge in [-0.2, -0.15) is 0 Å². The van der Waals surface area contributed by atoms with E-state index in [9.17, 15) is 5.11 Å². The highest BCUT2D eigenvalue weighted by Gasteiger charge is 2.32. The van der Waals surface area contributed by atoms with Crippen LogP contribution in [0.1, 0.15) is 28.7 Å². The monoisotopic (exact) mass is 240 g/mol. The number of methoxy groups -OCH3 is 1. The fraction of sp³-hybridized carbons (Fsp3) is 0.250. The minimum atomic E-state index is -0.425. The van der Waals surface area contributed by atoms with E-state index < -0.39 is 6.10 Å². The molecule has 1 aliphatic carbocycles. The first-order valence-corrected chi connectivity index (χ1v) is 6.19. The molecule has 0 radical (unpaired) electrons. The number of rotatable bonds is 3. The van der Waals surface area contributed by atoms with E-state index in [0.717, 1.165) is 17.7 Å². The number of benzene rings is 2. The molecule has 1 aliphatic rings. The molecule has 0 aliphatic heterocycles. The fourth-order valence-corrected chi connectivity index (χ4v) is 2.61. The van der Waals surface area contributed by atoms with Crippen molar-refractivity contribution < 1.29 is 9.84 Å². The number of aliphatic hydroxyl groups excluding tert-OH is 1. The van der Waals surface area contributed by atoms with Gasteiger partial charge in [0.25, 0.3) is 0 Å². The summed E-state index contributed by atoms with van der Waals surface area (Å²) in [6.07, 6.45) is 0.536. The second-order valence-corrected chi connectivity index (χ2v) is 4.73. The molecule has 2 aromatic rings. The third-order valence-corrected chi connectivity index (χ3v) is 3.73. The molecular formula is C16H16O2. The Morgan fingerprint density at radius 3 is 2.50 bits per heavy atom. The Bertz CT molecular complexity index is 545. The molecule has 2 atom stereocenters. The predicted octanol–water partition coefficient (Wildman–Crippen LogP) is 3.07. The smallest absolute Gasteiger partial charge is 0.118 e. The highest BCUT2D eigenvalue weighted by molar-refractivity contribution is 5.43. The average molecular weight is 240 g/mol. The van der Waals surface area contributed by atoms with Gasteiger partial charge in [0.15, 0.2) is 0 Å². The molecule has 2 aromatic carbocycles. The van der Waals surface area contributed by atoms with E-state index in [1.807, 2.05) is 30.3 Å². The van der Waals surface area contributed by atoms with E-state index in [2.05, 4.69) is 18.2 Å². The van der Waals surface area contributed by atoms with Crippen LogP contribution >= 0.6 is 0 Å². The maximum atomic E-state index is 10.4. The average Bonchev–Trinajstić information content (AvgIpc) is 2.40. The molecule has 2 nitrogen and oxygen atoms in total. The van der Waals surface area contributed by atoms with Gasteiger partial charge in [-0.05, 0) is 35.2 Å². The van der Waals surface area contributed by atoms with Crippen LogP contribution in [-0.4, -0.2) is 12.2 Å². The fourth-order valence-electron chi connectivity index (χ4n) is 2.61. The summed E-state index contributed by atoms with van der Waals surface area (Å²) in [6.45, 7) is 0. The third-order valence-electron chi connectivity index (χ3n) is 3.73. The van der Waals surface area contributed by atoms with Gasteiger partial charge in [-0.3, -0.25) is 0 Å². The summed E-state index contributed by atoms with van der Waals surface area (Å²) in [5.74, 6) is 1.05. The van der Waals surface area contributed by atoms with E-state index in [1.165, 1.54) is 11.1 Å². The van der Waals surface area contributed by atoms with Crippen LogP contribution in [0.25, 0.3) is 0 Å². The van der Waals surface area contributed by atoms with Crippen molar-refractivity contribution in [3.63, 3.8) is 0 Å². The lowest BCUT2D eigenvalue weighted by Crippen LogP contribution is -2.23. The predicted molar refractivity (Wildman–Crippen MR) is 70.8 cm³/mol. The molecule has 2 heteroatoms. The molecule has 0 heterocycles. The lowest BCUT2D eigenvalue weighted by Gasteiger charge is -2.34. The quantitative estimate of drug-likeness (QED) is 0.893. The lowest BCUT2D eigenvalue weighted by molar-refractivity contribution is 0.134. The van der Waals surface area contributed by atoms with Gasteiger partial charge in [0, 0.05) is 5.92 Å². The van der Waals surface area contributed by atoms with Crippen LogP contribution in [0.15, 0.2) is 48.5 Å². The van der Waals surface area contributed by atoms with Crippen molar-refractivity contribution in [2.75, 3.05) is 7.11 Å². The Labute approximate surface area is 107 Å². The molecule has 0 aromatic heterocycles. The summed E-state index contributed by atoms with van der Waals surface area (Å²) < 4.78 is 5.12. The number of aliphatic hydroxyl groups is 1. The van der Waals surface area contributed by atoms with Crippen molar-refractivity contribution in [1.82, 2.24) is 0 Å². The Balaban J connectivity index is 1.82. The number of ether oxygens (including phenoxy) is 1. The van der Waals surface area contributed by atoms with E-state index in [1.54, 1.807) is 7.11 Å². The van der Waals surface area contributed by atoms with Crippen molar-refractivity contribution in [1.29, 1.82) is 0 Å². The van der Waals surface area contributed by atoms with Crippen LogP contribution in [0.4, 0.5) is 0 Å². The zero-order chi connectivity index (χ0) is 12.5. The van der Waals surface area contributed by atoms with Gasteiger partial charge in [0.2, 0.25) is 0 Å². The molecule has 1 N–H and O–H groups in total. The van der Waals surface area contributed by atoms with Crippen LogP contribution in [0.2, 0.25) is 0 Å². The van der Waals surface area contributed by atoms with Crippen molar-refractivity contribution in [2.45, 2.75) is 18.4 Å². The number of hydrogen-bond donors (Lipinski definition) is 1. The van der Waals surface area contributed by atoms with Crippen molar-refractivity contribution in [3.8, 4) is 5.75 Å². The molecule has 3 rings (SSSR count). The SMILES string of the molecule is COc1ccc(C(O)C2Cc3ccccc32)cc1. The zero-order valence-electron chi connectivity index (χ0n) is 10.3. The van der Waals surface area contributed by atoms with Crippen LogP contribution in [-0.2, 0) is 6.42 Å². The topological polar surface area (TPSA) is 29.5 Å². The maximum Gasteiger partial charge on any atom is 0.118 e. The molecule has 0 saturated heterocycles. The molecule has 0 fully saturated rings. The number of fused-ring (bicyclic) bond motifs is 1. The molecule has 18 heavy (non-hydrogen) atoms. The molecule has 0 bridgehead atoms. The molecule has 92 valence electrons. The molecule has 0 amide bonds. The number of hydrogen-bond acceptors (Lipinski definition) is 2. The largest absolute Gasteiger partial charge is 0.497 e. The van der Waals surface area contributed by atoms with Gasteiger partial charge < -0.3 is 9.84 Å². The standard InChI is InChI=1S/C16H16O2/c1-18-13-8-6-11(7-9-13)16(17)15-10-12-4-2-3-5-14(12)15/h2-9,15-17H,10H2,1H3. The van der Waals surface area contributed by atoms with Gasteiger partial charge in [0.1, 0.15) is 5.75 Å². The van der Waals surface area contributed by atoms with Gasteiger partial charge in [-0.25, -0.2) is 0 Å². The third kappa shape index (κ3) is 1.79. The Kier molecular flexibility index (Phi) is 2.80. The first-order valence-electron chi connectivity index (χ1n) is 6.19. The second kappa shape index (κ2) is 4.46. The van der Waals surface area contributed by atoms with Crippen molar-refractivity contribution in [3.05, 3.63) is 65.2 Å². The van der Waals surface area contributed by atoms with Crippen LogP contribution in [0.5, 0.6) is 5.75 Å². The first-order chi connectivity index (χ1) is 8.79. The highest BCUT2D eigenvalue weighted by atomic mass is 16.5. The van der Waals surface area contributed by atoms with Gasteiger partial charge in [-0.15, -0.1) is 0 Å². The summed E-state index contributed by atoms with van der Waals surface area (Å²) in [5, 5.41) is 10.4. The molecule has 0 saturated carbocycles. The van der Waals surface area contributed by atoms with Crippen LogP contribution < -0.4 is 4.74 Å². The molecule has 2 unspecified atom stereocenters. The zero-order valence-corrected chi connectivity index (χ0v) is 10.3. The van der Waals surface area contributed by atoms with Crippen LogP contribution in [0.3, 0.4) is 0 Å². The molecular weight excluding hydrogens is 224 g/mol. The van der Waals surface area contributed by atoms with Crippen LogP contribution in [0, 0.1) is 0 Å². The van der Waals surface area contributed by atoms with Gasteiger partial charge >= 0.3 is 0 Å². The second-order valence-electron chi connectivity index (χ2n) is 4.73. The first kappa shape index (κ1) is 11.3. The Hall–Kier alpha value is -1.80. The summed E-state index contributed by atoms with van der Waals surface area (Å²) in [6, 6.07) is 16.0. The summed E-state index contributed by atoms with van der Waals surface area (Å²) >= 11 is 0.